The summed E-state index contributed by atoms with van der Waals surface area (Å²) in [6, 6.07) is 1.94. The van der Waals surface area contributed by atoms with Crippen LogP contribution in [-0.4, -0.2) is 31.1 Å². The Bertz CT molecular complexity index is 590. The molecule has 0 atom stereocenters. The van der Waals surface area contributed by atoms with Crippen molar-refractivity contribution < 1.29 is 19.1 Å². The van der Waals surface area contributed by atoms with Gasteiger partial charge < -0.3 is 10.1 Å². The second-order valence-electron chi connectivity index (χ2n) is 5.87. The number of hydrazine groups is 1. The van der Waals surface area contributed by atoms with Crippen molar-refractivity contribution in [3.8, 4) is 0 Å². The Hall–Kier alpha value is -2.09. The number of fused-ring (bicyclic) bond motifs is 1. The molecular formula is C17H25N3O4S. The Morgan fingerprint density at radius 1 is 1.12 bits per heavy atom. The molecule has 0 fully saturated rings. The minimum Gasteiger partial charge on any atom is -0.450 e. The second kappa shape index (κ2) is 10.0. The third-order valence-electron chi connectivity index (χ3n) is 3.93. The molecule has 0 bridgehead atoms. The molecule has 3 N–H and O–H groups in total. The van der Waals surface area contributed by atoms with Gasteiger partial charge in [-0.05, 0) is 44.2 Å². The lowest BCUT2D eigenvalue weighted by molar-refractivity contribution is -0.121. The standard InChI is InChI=1S/C17H25N3O4S/c1-2-24-17(23)18-10-9-15(21)19-20-16(22)14-11-12-7-5-3-4-6-8-13(12)25-14/h11H,2-10H2,1H3,(H,18,23)(H,19,21)(H,20,22). The molecule has 2 rings (SSSR count). The molecule has 0 unspecified atom stereocenters. The van der Waals surface area contributed by atoms with Gasteiger partial charge in [0.15, 0.2) is 0 Å². The van der Waals surface area contributed by atoms with Crippen LogP contribution >= 0.6 is 11.3 Å². The molecule has 7 nitrogen and oxygen atoms in total. The first-order valence-electron chi connectivity index (χ1n) is 8.71. The fourth-order valence-electron chi connectivity index (χ4n) is 2.67. The molecule has 1 aliphatic carbocycles. The number of nitrogens with one attached hydrogen (secondary N) is 3. The normalized spacial score (nSPS) is 13.8. The van der Waals surface area contributed by atoms with E-state index >= 15 is 0 Å². The first-order valence-corrected chi connectivity index (χ1v) is 9.53. The summed E-state index contributed by atoms with van der Waals surface area (Å²) < 4.78 is 4.69. The molecular weight excluding hydrogens is 342 g/mol. The number of aryl methyl sites for hydroxylation is 2. The van der Waals surface area contributed by atoms with E-state index in [1.54, 1.807) is 6.92 Å². The number of hydrogen-bond donors (Lipinski definition) is 3. The Balaban J connectivity index is 1.75. The van der Waals surface area contributed by atoms with Gasteiger partial charge in [0.05, 0.1) is 11.5 Å². The highest BCUT2D eigenvalue weighted by Gasteiger charge is 2.16. The lowest BCUT2D eigenvalue weighted by Gasteiger charge is -2.07. The van der Waals surface area contributed by atoms with Crippen LogP contribution in [0.15, 0.2) is 6.07 Å². The average molecular weight is 367 g/mol. The van der Waals surface area contributed by atoms with E-state index in [2.05, 4.69) is 20.9 Å². The smallest absolute Gasteiger partial charge is 0.407 e. The zero-order chi connectivity index (χ0) is 18.1. The summed E-state index contributed by atoms with van der Waals surface area (Å²) in [6.45, 7) is 2.13. The van der Waals surface area contributed by atoms with E-state index < -0.39 is 6.09 Å². The van der Waals surface area contributed by atoms with Crippen molar-refractivity contribution in [2.24, 2.45) is 0 Å². The number of ether oxygens (including phenoxy) is 1. The van der Waals surface area contributed by atoms with Crippen molar-refractivity contribution in [2.75, 3.05) is 13.2 Å². The zero-order valence-corrected chi connectivity index (χ0v) is 15.3. The van der Waals surface area contributed by atoms with Crippen LogP contribution in [0.5, 0.6) is 0 Å². The third-order valence-corrected chi connectivity index (χ3v) is 5.17. The molecule has 0 radical (unpaired) electrons. The van der Waals surface area contributed by atoms with Crippen molar-refractivity contribution >= 4 is 29.2 Å². The molecule has 0 spiro atoms. The molecule has 8 heteroatoms. The molecule has 0 aliphatic heterocycles. The SMILES string of the molecule is CCOC(=O)NCCC(=O)NNC(=O)c1cc2c(s1)CCCCCC2. The average Bonchev–Trinajstić information content (AvgIpc) is 2.95. The van der Waals surface area contributed by atoms with E-state index in [0.29, 0.717) is 4.88 Å². The number of rotatable bonds is 5. The molecule has 1 aromatic rings. The third kappa shape index (κ3) is 6.38. The molecule has 25 heavy (non-hydrogen) atoms. The largest absolute Gasteiger partial charge is 0.450 e. The summed E-state index contributed by atoms with van der Waals surface area (Å²) in [7, 11) is 0. The van der Waals surface area contributed by atoms with Crippen LogP contribution < -0.4 is 16.2 Å². The Morgan fingerprint density at radius 2 is 1.88 bits per heavy atom. The van der Waals surface area contributed by atoms with Gasteiger partial charge in [-0.25, -0.2) is 4.79 Å². The lowest BCUT2D eigenvalue weighted by atomic mass is 10.00. The maximum Gasteiger partial charge on any atom is 0.407 e. The number of thiophene rings is 1. The monoisotopic (exact) mass is 367 g/mol. The molecule has 1 aliphatic rings. The minimum absolute atomic E-state index is 0.0556. The summed E-state index contributed by atoms with van der Waals surface area (Å²) in [5, 5.41) is 2.45. The fraction of sp³-hybridized carbons (Fsp3) is 0.588. The van der Waals surface area contributed by atoms with Crippen LogP contribution in [0.1, 0.15) is 59.1 Å². The fourth-order valence-corrected chi connectivity index (χ4v) is 3.82. The van der Waals surface area contributed by atoms with Crippen LogP contribution in [0.4, 0.5) is 4.79 Å². The first kappa shape index (κ1) is 19.2. The van der Waals surface area contributed by atoms with Crippen LogP contribution in [0.3, 0.4) is 0 Å². The van der Waals surface area contributed by atoms with E-state index in [-0.39, 0.29) is 31.4 Å². The highest BCUT2D eigenvalue weighted by molar-refractivity contribution is 7.14. The second-order valence-corrected chi connectivity index (χ2v) is 7.01. The number of hydrogen-bond acceptors (Lipinski definition) is 5. The number of alkyl carbamates (subject to hydrolysis) is 1. The Labute approximate surface area is 151 Å². The van der Waals surface area contributed by atoms with Crippen LogP contribution in [0, 0.1) is 0 Å². The van der Waals surface area contributed by atoms with Gasteiger partial charge in [-0.15, -0.1) is 11.3 Å². The molecule has 0 saturated carbocycles. The van der Waals surface area contributed by atoms with E-state index in [9.17, 15) is 14.4 Å². The van der Waals surface area contributed by atoms with Crippen molar-refractivity contribution in [1.29, 1.82) is 0 Å². The van der Waals surface area contributed by atoms with Gasteiger partial charge in [-0.2, -0.15) is 0 Å². The highest BCUT2D eigenvalue weighted by atomic mass is 32.1. The summed E-state index contributed by atoms with van der Waals surface area (Å²) in [4.78, 5) is 36.9. The van der Waals surface area contributed by atoms with Crippen molar-refractivity contribution in [2.45, 2.75) is 51.9 Å². The minimum atomic E-state index is -0.560. The molecule has 3 amide bonds. The number of amides is 3. The molecule has 1 aromatic heterocycles. The van der Waals surface area contributed by atoms with E-state index in [1.807, 2.05) is 6.07 Å². The van der Waals surface area contributed by atoms with Gasteiger partial charge in [-0.1, -0.05) is 12.8 Å². The lowest BCUT2D eigenvalue weighted by Crippen LogP contribution is -2.42. The van der Waals surface area contributed by atoms with Gasteiger partial charge in [0.2, 0.25) is 5.91 Å². The van der Waals surface area contributed by atoms with E-state index in [4.69, 9.17) is 0 Å². The van der Waals surface area contributed by atoms with Crippen molar-refractivity contribution in [3.05, 3.63) is 21.4 Å². The summed E-state index contributed by atoms with van der Waals surface area (Å²) in [5.74, 6) is -0.677. The number of carbonyl (C=O) groups is 3. The first-order chi connectivity index (χ1) is 12.1. The summed E-state index contributed by atoms with van der Waals surface area (Å²) in [5.41, 5.74) is 6.06. The van der Waals surface area contributed by atoms with Gasteiger partial charge >= 0.3 is 6.09 Å². The zero-order valence-electron chi connectivity index (χ0n) is 14.5. The Morgan fingerprint density at radius 3 is 2.64 bits per heavy atom. The highest BCUT2D eigenvalue weighted by Crippen LogP contribution is 2.28. The van der Waals surface area contributed by atoms with Gasteiger partial charge in [0.1, 0.15) is 0 Å². The van der Waals surface area contributed by atoms with Crippen molar-refractivity contribution in [1.82, 2.24) is 16.2 Å². The maximum absolute atomic E-state index is 12.2. The van der Waals surface area contributed by atoms with Crippen molar-refractivity contribution in [3.63, 3.8) is 0 Å². The predicted octanol–water partition coefficient (Wildman–Crippen LogP) is 2.30. The summed E-state index contributed by atoms with van der Waals surface area (Å²) in [6.07, 6.45) is 6.36. The molecule has 138 valence electrons. The van der Waals surface area contributed by atoms with Crippen LogP contribution in [0.25, 0.3) is 0 Å². The van der Waals surface area contributed by atoms with Crippen LogP contribution in [0.2, 0.25) is 0 Å². The maximum atomic E-state index is 12.2. The van der Waals surface area contributed by atoms with E-state index in [0.717, 1.165) is 19.3 Å². The molecule has 0 aromatic carbocycles. The van der Waals surface area contributed by atoms with Gasteiger partial charge in [-0.3, -0.25) is 20.4 Å². The molecule has 0 saturated heterocycles. The summed E-state index contributed by atoms with van der Waals surface area (Å²) >= 11 is 1.51. The Kier molecular flexibility index (Phi) is 7.72. The number of carbonyl (C=O) groups excluding carboxylic acids is 3. The molecule has 1 heterocycles. The quantitative estimate of drug-likeness (QED) is 0.696. The van der Waals surface area contributed by atoms with Crippen LogP contribution in [-0.2, 0) is 22.4 Å². The van der Waals surface area contributed by atoms with E-state index in [1.165, 1.54) is 41.0 Å². The van der Waals surface area contributed by atoms with Gasteiger partial charge in [0.25, 0.3) is 5.91 Å². The van der Waals surface area contributed by atoms with Gasteiger partial charge in [0, 0.05) is 17.8 Å². The predicted molar refractivity (Wildman–Crippen MR) is 95.4 cm³/mol. The topological polar surface area (TPSA) is 96.5 Å².